The Morgan fingerprint density at radius 2 is 2.25 bits per heavy atom. The van der Waals surface area contributed by atoms with E-state index in [-0.39, 0.29) is 11.8 Å². The lowest BCUT2D eigenvalue weighted by molar-refractivity contribution is -0.113. The van der Waals surface area contributed by atoms with Crippen LogP contribution in [-0.2, 0) is 14.3 Å². The second kappa shape index (κ2) is 4.35. The summed E-state index contributed by atoms with van der Waals surface area (Å²) in [6, 6.07) is 0. The van der Waals surface area contributed by atoms with E-state index in [2.05, 4.69) is 4.99 Å². The number of ether oxygens (including phenoxy) is 2. The van der Waals surface area contributed by atoms with E-state index in [1.54, 1.807) is 19.3 Å². The van der Waals surface area contributed by atoms with Crippen molar-refractivity contribution in [3.8, 4) is 0 Å². The number of allylic oxidation sites excluding steroid dienone is 3. The first-order valence-electron chi connectivity index (χ1n) is 5.15. The second-order valence-corrected chi connectivity index (χ2v) is 3.44. The van der Waals surface area contributed by atoms with E-state index >= 15 is 0 Å². The quantitative estimate of drug-likeness (QED) is 0.724. The summed E-state index contributed by atoms with van der Waals surface area (Å²) in [7, 11) is 1.61. The molecule has 2 rings (SSSR count). The molecule has 0 bridgehead atoms. The molecule has 16 heavy (non-hydrogen) atoms. The average Bonchev–Trinajstić information content (AvgIpc) is 2.29. The van der Waals surface area contributed by atoms with Gasteiger partial charge in [-0.05, 0) is 25.2 Å². The summed E-state index contributed by atoms with van der Waals surface area (Å²) in [4.78, 5) is 15.3. The van der Waals surface area contributed by atoms with E-state index in [0.29, 0.717) is 18.1 Å². The van der Waals surface area contributed by atoms with Crippen LogP contribution in [0.1, 0.15) is 6.92 Å². The van der Waals surface area contributed by atoms with E-state index < -0.39 is 0 Å². The molecule has 2 aliphatic rings. The average molecular weight is 219 g/mol. The fraction of sp³-hybridized carbons (Fsp3) is 0.333. The molecule has 0 spiro atoms. The van der Waals surface area contributed by atoms with Gasteiger partial charge in [-0.1, -0.05) is 0 Å². The minimum Gasteiger partial charge on any atom is -0.497 e. The number of aliphatic imine (C=N–C) groups is 1. The van der Waals surface area contributed by atoms with Gasteiger partial charge >= 0.3 is 0 Å². The van der Waals surface area contributed by atoms with Crippen LogP contribution < -0.4 is 0 Å². The van der Waals surface area contributed by atoms with E-state index in [9.17, 15) is 4.79 Å². The van der Waals surface area contributed by atoms with E-state index in [1.807, 2.05) is 13.0 Å². The lowest BCUT2D eigenvalue weighted by atomic mass is 9.93. The van der Waals surface area contributed by atoms with Gasteiger partial charge < -0.3 is 9.47 Å². The van der Waals surface area contributed by atoms with Crippen molar-refractivity contribution in [2.75, 3.05) is 13.7 Å². The number of dihydropyridines is 1. The van der Waals surface area contributed by atoms with Gasteiger partial charge in [0, 0.05) is 6.08 Å². The number of hydrogen-bond acceptors (Lipinski definition) is 3. The lowest BCUT2D eigenvalue weighted by Gasteiger charge is -2.23. The summed E-state index contributed by atoms with van der Waals surface area (Å²) in [5, 5.41) is 0. The van der Waals surface area contributed by atoms with Gasteiger partial charge in [0.05, 0.1) is 25.3 Å². The first-order chi connectivity index (χ1) is 7.74. The van der Waals surface area contributed by atoms with Gasteiger partial charge in [-0.25, -0.2) is 4.99 Å². The third-order valence-corrected chi connectivity index (χ3v) is 2.43. The van der Waals surface area contributed by atoms with Gasteiger partial charge in [0.25, 0.3) is 5.91 Å². The van der Waals surface area contributed by atoms with Crippen LogP contribution in [0.2, 0.25) is 0 Å². The third kappa shape index (κ3) is 1.91. The van der Waals surface area contributed by atoms with Gasteiger partial charge in [-0.15, -0.1) is 0 Å². The summed E-state index contributed by atoms with van der Waals surface area (Å²) in [5.41, 5.74) is 0.705. The zero-order chi connectivity index (χ0) is 11.5. The van der Waals surface area contributed by atoms with Crippen molar-refractivity contribution in [2.24, 2.45) is 10.9 Å². The summed E-state index contributed by atoms with van der Waals surface area (Å²) in [6.07, 6.45) is 6.90. The molecule has 0 saturated carbocycles. The highest BCUT2D eigenvalue weighted by Crippen LogP contribution is 2.26. The van der Waals surface area contributed by atoms with Crippen LogP contribution in [0.3, 0.4) is 0 Å². The molecule has 0 radical (unpaired) electrons. The number of amides is 1. The largest absolute Gasteiger partial charge is 0.497 e. The van der Waals surface area contributed by atoms with Crippen LogP contribution in [0.5, 0.6) is 0 Å². The Hall–Kier alpha value is -1.84. The minimum absolute atomic E-state index is 0.0994. The number of carbonyl (C=O) groups is 1. The number of methoxy groups -OCH3 is 1. The Kier molecular flexibility index (Phi) is 2.90. The standard InChI is InChI=1S/C12H13NO3/c1-3-16-11-7-12(14)13-10-5-4-8(15-2)6-9(10)11/h4-7,9H,3H2,1-2H3. The zero-order valence-corrected chi connectivity index (χ0v) is 9.27. The highest BCUT2D eigenvalue weighted by molar-refractivity contribution is 6.11. The van der Waals surface area contributed by atoms with Gasteiger partial charge in [-0.3, -0.25) is 4.79 Å². The van der Waals surface area contributed by atoms with Crippen molar-refractivity contribution in [1.82, 2.24) is 0 Å². The molecule has 0 aromatic carbocycles. The molecule has 0 aromatic rings. The maximum atomic E-state index is 11.3. The highest BCUT2D eigenvalue weighted by Gasteiger charge is 2.27. The maximum Gasteiger partial charge on any atom is 0.273 e. The normalized spacial score (nSPS) is 23.0. The van der Waals surface area contributed by atoms with Crippen LogP contribution in [0, 0.1) is 5.92 Å². The predicted molar refractivity (Wildman–Crippen MR) is 59.9 cm³/mol. The summed E-state index contributed by atoms with van der Waals surface area (Å²) in [6.45, 7) is 2.42. The van der Waals surface area contributed by atoms with Crippen LogP contribution in [0.25, 0.3) is 0 Å². The molecule has 0 aromatic heterocycles. The first kappa shape index (κ1) is 10.7. The Labute approximate surface area is 94.0 Å². The smallest absolute Gasteiger partial charge is 0.273 e. The molecule has 0 saturated heterocycles. The lowest BCUT2D eigenvalue weighted by Crippen LogP contribution is -2.23. The number of fused-ring (bicyclic) bond motifs is 1. The zero-order valence-electron chi connectivity index (χ0n) is 9.27. The monoisotopic (exact) mass is 219 g/mol. The van der Waals surface area contributed by atoms with Crippen LogP contribution in [-0.4, -0.2) is 25.3 Å². The number of nitrogens with zero attached hydrogens (tertiary/aromatic N) is 1. The summed E-state index contributed by atoms with van der Waals surface area (Å²) < 4.78 is 10.6. The molecule has 1 aliphatic carbocycles. The Morgan fingerprint density at radius 1 is 1.44 bits per heavy atom. The summed E-state index contributed by atoms with van der Waals surface area (Å²) in [5.74, 6) is 1.02. The molecule has 4 nitrogen and oxygen atoms in total. The molecule has 1 heterocycles. The molecule has 1 amide bonds. The SMILES string of the molecule is CCOC1=CC(=O)N=C2C=CC(OC)=CC12. The van der Waals surface area contributed by atoms with Gasteiger partial charge in [0.1, 0.15) is 11.5 Å². The molecular formula is C12H13NO3. The van der Waals surface area contributed by atoms with Crippen molar-refractivity contribution in [3.63, 3.8) is 0 Å². The van der Waals surface area contributed by atoms with Crippen molar-refractivity contribution < 1.29 is 14.3 Å². The minimum atomic E-state index is -0.270. The van der Waals surface area contributed by atoms with Gasteiger partial charge in [0.2, 0.25) is 0 Å². The number of hydrogen-bond donors (Lipinski definition) is 0. The second-order valence-electron chi connectivity index (χ2n) is 3.44. The molecule has 1 aliphatic heterocycles. The van der Waals surface area contributed by atoms with Crippen LogP contribution in [0.15, 0.2) is 40.8 Å². The number of rotatable bonds is 3. The van der Waals surface area contributed by atoms with Crippen molar-refractivity contribution in [2.45, 2.75) is 6.92 Å². The van der Waals surface area contributed by atoms with Gasteiger partial charge in [0.15, 0.2) is 0 Å². The fourth-order valence-corrected chi connectivity index (χ4v) is 1.72. The molecule has 0 fully saturated rings. The first-order valence-corrected chi connectivity index (χ1v) is 5.15. The Bertz CT molecular complexity index is 430. The third-order valence-electron chi connectivity index (χ3n) is 2.43. The summed E-state index contributed by atoms with van der Waals surface area (Å²) >= 11 is 0. The van der Waals surface area contributed by atoms with Crippen molar-refractivity contribution >= 4 is 11.6 Å². The fourth-order valence-electron chi connectivity index (χ4n) is 1.72. The molecular weight excluding hydrogens is 206 g/mol. The molecule has 4 heteroatoms. The molecule has 1 atom stereocenters. The molecule has 0 N–H and O–H groups in total. The van der Waals surface area contributed by atoms with Crippen molar-refractivity contribution in [1.29, 1.82) is 0 Å². The number of carbonyl (C=O) groups excluding carboxylic acids is 1. The van der Waals surface area contributed by atoms with Gasteiger partial charge in [-0.2, -0.15) is 0 Å². The Balaban J connectivity index is 2.32. The highest BCUT2D eigenvalue weighted by atomic mass is 16.5. The van der Waals surface area contributed by atoms with E-state index in [1.165, 1.54) is 6.08 Å². The van der Waals surface area contributed by atoms with E-state index in [4.69, 9.17) is 9.47 Å². The molecule has 84 valence electrons. The maximum absolute atomic E-state index is 11.3. The Morgan fingerprint density at radius 3 is 2.94 bits per heavy atom. The predicted octanol–water partition coefficient (Wildman–Crippen LogP) is 1.60. The topological polar surface area (TPSA) is 47.9 Å². The van der Waals surface area contributed by atoms with E-state index in [0.717, 1.165) is 5.76 Å². The van der Waals surface area contributed by atoms with Crippen molar-refractivity contribution in [3.05, 3.63) is 35.8 Å². The van der Waals surface area contributed by atoms with Crippen LogP contribution in [0.4, 0.5) is 0 Å². The van der Waals surface area contributed by atoms with Crippen LogP contribution >= 0.6 is 0 Å². The molecule has 1 unspecified atom stereocenters.